The number of anilines is 1. The van der Waals surface area contributed by atoms with Crippen LogP contribution in [0.15, 0.2) is 40.9 Å². The molecule has 1 aliphatic carbocycles. The number of fused-ring (bicyclic) bond motifs is 1. The third-order valence-corrected chi connectivity index (χ3v) is 6.44. The van der Waals surface area contributed by atoms with Crippen LogP contribution in [0.1, 0.15) is 49.0 Å². The molecule has 1 aromatic carbocycles. The molecule has 0 aliphatic heterocycles. The molecule has 2 N–H and O–H groups in total. The molecule has 0 saturated heterocycles. The Morgan fingerprint density at radius 2 is 1.91 bits per heavy atom. The Kier molecular flexibility index (Phi) is 5.01. The van der Waals surface area contributed by atoms with Crippen molar-refractivity contribution in [3.63, 3.8) is 0 Å². The fraction of sp³-hybridized carbons (Fsp3) is 0.250. The summed E-state index contributed by atoms with van der Waals surface area (Å²) in [6.45, 7) is 5.85. The molecular weight excluding hydrogens is 424 g/mol. The van der Waals surface area contributed by atoms with Crippen molar-refractivity contribution in [3.05, 3.63) is 63.0 Å². The van der Waals surface area contributed by atoms with E-state index in [1.54, 1.807) is 48.6 Å². The molecule has 7 nitrogen and oxygen atoms in total. The van der Waals surface area contributed by atoms with Crippen molar-refractivity contribution < 1.29 is 14.1 Å². The number of carbonyl (C=O) groups excluding carboxylic acids is 2. The Morgan fingerprint density at radius 3 is 2.62 bits per heavy atom. The zero-order valence-electron chi connectivity index (χ0n) is 18.0. The van der Waals surface area contributed by atoms with Crippen molar-refractivity contribution in [3.8, 4) is 11.3 Å². The van der Waals surface area contributed by atoms with Gasteiger partial charge in [0, 0.05) is 32.6 Å². The Bertz CT molecular complexity index is 1370. The van der Waals surface area contributed by atoms with Crippen LogP contribution in [0.4, 0.5) is 5.69 Å². The summed E-state index contributed by atoms with van der Waals surface area (Å²) in [5.41, 5.74) is 4.04. The average Bonchev–Trinajstić information content (AvgIpc) is 3.41. The Morgan fingerprint density at radius 1 is 1.09 bits per heavy atom. The van der Waals surface area contributed by atoms with E-state index in [1.807, 2.05) is 13.8 Å². The minimum absolute atomic E-state index is 0.129. The predicted octanol–water partition coefficient (Wildman–Crippen LogP) is 5.02. The maximum absolute atomic E-state index is 13.3. The highest BCUT2D eigenvalue weighted by Gasteiger charge is 2.24. The number of carbonyl (C=O) groups is 2. The van der Waals surface area contributed by atoms with Gasteiger partial charge in [0.1, 0.15) is 0 Å². The van der Waals surface area contributed by atoms with Gasteiger partial charge in [-0.05, 0) is 63.9 Å². The molecule has 0 bridgehead atoms. The molecular formula is C24H22N4O3S. The second kappa shape index (κ2) is 7.87. The molecule has 0 unspecified atom stereocenters. The van der Waals surface area contributed by atoms with Crippen LogP contribution in [0.3, 0.4) is 0 Å². The number of aryl methyl sites for hydroxylation is 3. The number of benzene rings is 1. The first kappa shape index (κ1) is 20.4. The summed E-state index contributed by atoms with van der Waals surface area (Å²) in [6.07, 6.45) is 2.04. The van der Waals surface area contributed by atoms with E-state index in [-0.39, 0.29) is 17.9 Å². The quantitative estimate of drug-likeness (QED) is 0.449. The first-order valence-corrected chi connectivity index (χ1v) is 11.3. The number of pyridine rings is 1. The predicted molar refractivity (Wildman–Crippen MR) is 124 cm³/mol. The topological polar surface area (TPSA) is 97.1 Å². The zero-order chi connectivity index (χ0) is 22.4. The van der Waals surface area contributed by atoms with E-state index in [0.29, 0.717) is 39.3 Å². The largest absolute Gasteiger partial charge is 0.349 e. The van der Waals surface area contributed by atoms with E-state index in [1.165, 1.54) is 4.88 Å². The van der Waals surface area contributed by atoms with Gasteiger partial charge in [-0.2, -0.15) is 0 Å². The fourth-order valence-electron chi connectivity index (χ4n) is 3.73. The molecule has 1 aliphatic rings. The van der Waals surface area contributed by atoms with Gasteiger partial charge in [0.05, 0.1) is 22.3 Å². The van der Waals surface area contributed by atoms with Gasteiger partial charge in [0.25, 0.3) is 17.5 Å². The molecule has 162 valence electrons. The van der Waals surface area contributed by atoms with Crippen molar-refractivity contribution >= 4 is 39.9 Å². The first-order valence-electron chi connectivity index (χ1n) is 10.5. The summed E-state index contributed by atoms with van der Waals surface area (Å²) in [7, 11) is 0. The van der Waals surface area contributed by atoms with Crippen molar-refractivity contribution in [2.24, 2.45) is 0 Å². The van der Waals surface area contributed by atoms with Gasteiger partial charge in [-0.15, -0.1) is 11.3 Å². The molecule has 3 aromatic heterocycles. The molecule has 1 saturated carbocycles. The normalized spacial score (nSPS) is 13.3. The number of thiophene rings is 1. The molecule has 2 amide bonds. The lowest BCUT2D eigenvalue weighted by molar-refractivity contribution is 0.0949. The highest BCUT2D eigenvalue weighted by atomic mass is 32.1. The summed E-state index contributed by atoms with van der Waals surface area (Å²) < 4.78 is 5.40. The zero-order valence-corrected chi connectivity index (χ0v) is 18.8. The van der Waals surface area contributed by atoms with Crippen LogP contribution in [0.25, 0.3) is 22.4 Å². The monoisotopic (exact) mass is 446 g/mol. The van der Waals surface area contributed by atoms with Gasteiger partial charge in [-0.25, -0.2) is 4.98 Å². The smallest absolute Gasteiger partial charge is 0.259 e. The van der Waals surface area contributed by atoms with Gasteiger partial charge in [0.15, 0.2) is 0 Å². The minimum Gasteiger partial charge on any atom is -0.349 e. The molecule has 0 radical (unpaired) electrons. The van der Waals surface area contributed by atoms with Crippen LogP contribution in [0.5, 0.6) is 0 Å². The van der Waals surface area contributed by atoms with Gasteiger partial charge in [-0.3, -0.25) is 9.59 Å². The van der Waals surface area contributed by atoms with Crippen molar-refractivity contribution in [2.75, 3.05) is 5.32 Å². The number of amides is 2. The van der Waals surface area contributed by atoms with Gasteiger partial charge < -0.3 is 15.2 Å². The summed E-state index contributed by atoms with van der Waals surface area (Å²) >= 11 is 1.68. The van der Waals surface area contributed by atoms with E-state index >= 15 is 0 Å². The van der Waals surface area contributed by atoms with Crippen LogP contribution < -0.4 is 10.6 Å². The Hall–Kier alpha value is -3.52. The van der Waals surface area contributed by atoms with Crippen molar-refractivity contribution in [2.45, 2.75) is 39.7 Å². The molecule has 8 heteroatoms. The van der Waals surface area contributed by atoms with E-state index in [9.17, 15) is 9.59 Å². The third kappa shape index (κ3) is 3.89. The molecule has 4 aromatic rings. The van der Waals surface area contributed by atoms with Gasteiger partial charge >= 0.3 is 0 Å². The summed E-state index contributed by atoms with van der Waals surface area (Å²) in [6, 6.07) is 11.0. The highest BCUT2D eigenvalue weighted by molar-refractivity contribution is 7.12. The lowest BCUT2D eigenvalue weighted by atomic mass is 10.1. The number of rotatable bonds is 5. The van der Waals surface area contributed by atoms with Crippen LogP contribution in [-0.4, -0.2) is 28.0 Å². The first-order chi connectivity index (χ1) is 15.4. The molecule has 0 spiro atoms. The summed E-state index contributed by atoms with van der Waals surface area (Å²) in [5.74, 6) is -0.440. The van der Waals surface area contributed by atoms with E-state index in [2.05, 4.69) is 26.8 Å². The van der Waals surface area contributed by atoms with E-state index < -0.39 is 0 Å². The second-order valence-corrected chi connectivity index (χ2v) is 9.57. The van der Waals surface area contributed by atoms with Gasteiger partial charge in [-0.1, -0.05) is 11.2 Å². The number of nitrogens with zero attached hydrogens (tertiary/aromatic N) is 2. The van der Waals surface area contributed by atoms with Crippen LogP contribution >= 0.6 is 11.3 Å². The summed E-state index contributed by atoms with van der Waals surface area (Å²) in [4.78, 5) is 32.6. The molecule has 0 atom stereocenters. The fourth-order valence-corrected chi connectivity index (χ4v) is 4.66. The molecule has 1 fully saturated rings. The molecule has 3 heterocycles. The third-order valence-electron chi connectivity index (χ3n) is 5.47. The average molecular weight is 447 g/mol. The number of hydrogen-bond acceptors (Lipinski definition) is 6. The van der Waals surface area contributed by atoms with Crippen molar-refractivity contribution in [1.82, 2.24) is 15.5 Å². The van der Waals surface area contributed by atoms with E-state index in [4.69, 9.17) is 4.52 Å². The van der Waals surface area contributed by atoms with Crippen LogP contribution in [0, 0.1) is 20.8 Å². The number of nitrogens with one attached hydrogen (secondary N) is 2. The lowest BCUT2D eigenvalue weighted by Gasteiger charge is -2.10. The maximum atomic E-state index is 13.3. The Balaban J connectivity index is 1.50. The summed E-state index contributed by atoms with van der Waals surface area (Å²) in [5, 5.41) is 10.5. The number of hydrogen-bond donors (Lipinski definition) is 2. The van der Waals surface area contributed by atoms with E-state index in [0.717, 1.165) is 23.3 Å². The SMILES string of the molecule is Cc1cc(-c2cc(C(=O)Nc3cccc(C(=O)NC4CC4)c3)c3c(C)noc3n2)c(C)s1. The van der Waals surface area contributed by atoms with Crippen LogP contribution in [-0.2, 0) is 0 Å². The lowest BCUT2D eigenvalue weighted by Crippen LogP contribution is -2.25. The standard InChI is InChI=1S/C24H22N4O3S/c1-12-9-18(14(3)32-12)20-11-19(21-13(2)28-31-24(21)27-20)23(30)26-17-6-4-5-15(10-17)22(29)25-16-7-8-16/h4-6,9-11,16H,7-8H2,1-3H3,(H,25,29)(H,26,30). The van der Waals surface area contributed by atoms with Crippen molar-refractivity contribution in [1.29, 1.82) is 0 Å². The second-order valence-electron chi connectivity index (χ2n) is 8.11. The minimum atomic E-state index is -0.311. The van der Waals surface area contributed by atoms with Crippen LogP contribution in [0.2, 0.25) is 0 Å². The van der Waals surface area contributed by atoms with Gasteiger partial charge in [0.2, 0.25) is 0 Å². The molecule has 5 rings (SSSR count). The molecule has 32 heavy (non-hydrogen) atoms. The maximum Gasteiger partial charge on any atom is 0.259 e. The Labute approximate surface area is 188 Å². The number of aromatic nitrogens is 2. The highest BCUT2D eigenvalue weighted by Crippen LogP contribution is 2.33.